The van der Waals surface area contributed by atoms with E-state index in [0.717, 1.165) is 54.8 Å². The molecule has 25 heavy (non-hydrogen) atoms. The lowest BCUT2D eigenvalue weighted by Gasteiger charge is -2.22. The maximum Gasteiger partial charge on any atom is 0.262 e. The molecule has 132 valence electrons. The standard InChI is InChI=1S/C18H22N4O2S/c1-20-7-6-11-13(8-20)25-16-15(11)18(24)22-12-5-3-4-10(12)17(23)21(2)9-14(22)19-16/h10,12H,3-9H2,1-2H3/t10-,12-/m1/s1. The topological polar surface area (TPSA) is 58.4 Å². The van der Waals surface area contributed by atoms with E-state index in [1.807, 2.05) is 11.6 Å². The first kappa shape index (κ1) is 15.5. The van der Waals surface area contributed by atoms with Crippen molar-refractivity contribution in [3.05, 3.63) is 26.6 Å². The number of hydrogen-bond donors (Lipinski definition) is 0. The van der Waals surface area contributed by atoms with Crippen LogP contribution < -0.4 is 5.56 Å². The van der Waals surface area contributed by atoms with Crippen LogP contribution in [0.5, 0.6) is 0 Å². The van der Waals surface area contributed by atoms with Crippen LogP contribution in [0.15, 0.2) is 4.79 Å². The number of amides is 1. The van der Waals surface area contributed by atoms with Crippen LogP contribution in [-0.2, 0) is 24.3 Å². The van der Waals surface area contributed by atoms with Crippen LogP contribution >= 0.6 is 11.3 Å². The molecule has 4 heterocycles. The summed E-state index contributed by atoms with van der Waals surface area (Å²) in [7, 11) is 3.95. The van der Waals surface area contributed by atoms with Crippen molar-refractivity contribution in [2.45, 2.75) is 44.8 Å². The van der Waals surface area contributed by atoms with Gasteiger partial charge in [0, 0.05) is 25.0 Å². The molecule has 2 aromatic rings. The second-order valence-electron chi connectivity index (χ2n) is 7.67. The monoisotopic (exact) mass is 358 g/mol. The van der Waals surface area contributed by atoms with Gasteiger partial charge in [-0.1, -0.05) is 6.42 Å². The molecule has 0 saturated heterocycles. The minimum atomic E-state index is -0.0659. The summed E-state index contributed by atoms with van der Waals surface area (Å²) in [5.74, 6) is 0.859. The maximum atomic E-state index is 13.5. The van der Waals surface area contributed by atoms with Gasteiger partial charge in [-0.15, -0.1) is 11.3 Å². The molecule has 1 fully saturated rings. The van der Waals surface area contributed by atoms with Gasteiger partial charge in [-0.2, -0.15) is 0 Å². The van der Waals surface area contributed by atoms with Crippen molar-refractivity contribution in [3.8, 4) is 0 Å². The summed E-state index contributed by atoms with van der Waals surface area (Å²) in [6, 6.07) is -0.0151. The van der Waals surface area contributed by atoms with E-state index in [0.29, 0.717) is 6.54 Å². The highest BCUT2D eigenvalue weighted by Gasteiger charge is 2.41. The highest BCUT2D eigenvalue weighted by molar-refractivity contribution is 7.18. The quantitative estimate of drug-likeness (QED) is 0.720. The summed E-state index contributed by atoms with van der Waals surface area (Å²) in [5.41, 5.74) is 1.28. The Morgan fingerprint density at radius 2 is 2.00 bits per heavy atom. The molecule has 3 aliphatic rings. The zero-order chi connectivity index (χ0) is 17.3. The molecule has 5 rings (SSSR count). The Kier molecular flexibility index (Phi) is 3.34. The average molecular weight is 358 g/mol. The first-order valence-corrected chi connectivity index (χ1v) is 9.85. The van der Waals surface area contributed by atoms with E-state index < -0.39 is 0 Å². The molecule has 0 bridgehead atoms. The van der Waals surface area contributed by atoms with Crippen molar-refractivity contribution in [3.63, 3.8) is 0 Å². The smallest absolute Gasteiger partial charge is 0.262 e. The maximum absolute atomic E-state index is 13.5. The fraction of sp³-hybridized carbons (Fsp3) is 0.611. The van der Waals surface area contributed by atoms with E-state index in [4.69, 9.17) is 4.98 Å². The molecule has 1 aliphatic carbocycles. The Balaban J connectivity index is 1.77. The molecule has 1 saturated carbocycles. The second-order valence-corrected chi connectivity index (χ2v) is 8.76. The van der Waals surface area contributed by atoms with Crippen molar-refractivity contribution in [2.24, 2.45) is 5.92 Å². The molecular formula is C18H22N4O2S. The lowest BCUT2D eigenvalue weighted by atomic mass is 10.0. The highest BCUT2D eigenvalue weighted by Crippen LogP contribution is 2.40. The van der Waals surface area contributed by atoms with Crippen molar-refractivity contribution >= 4 is 27.5 Å². The summed E-state index contributed by atoms with van der Waals surface area (Å²) < 4.78 is 1.88. The van der Waals surface area contributed by atoms with E-state index in [1.165, 1.54) is 10.4 Å². The van der Waals surface area contributed by atoms with Crippen molar-refractivity contribution in [2.75, 3.05) is 20.6 Å². The lowest BCUT2D eigenvalue weighted by Crippen LogP contribution is -2.33. The number of fused-ring (bicyclic) bond motifs is 6. The highest BCUT2D eigenvalue weighted by atomic mass is 32.1. The summed E-state index contributed by atoms with van der Waals surface area (Å²) >= 11 is 1.65. The first-order chi connectivity index (χ1) is 12.0. The third kappa shape index (κ3) is 2.15. The Morgan fingerprint density at radius 3 is 2.84 bits per heavy atom. The number of carbonyl (C=O) groups excluding carboxylic acids is 1. The van der Waals surface area contributed by atoms with E-state index in [9.17, 15) is 9.59 Å². The first-order valence-electron chi connectivity index (χ1n) is 9.04. The van der Waals surface area contributed by atoms with Crippen molar-refractivity contribution in [1.82, 2.24) is 19.4 Å². The van der Waals surface area contributed by atoms with Gasteiger partial charge in [-0.25, -0.2) is 4.98 Å². The Hall–Kier alpha value is -1.73. The van der Waals surface area contributed by atoms with Gasteiger partial charge in [0.25, 0.3) is 5.56 Å². The predicted molar refractivity (Wildman–Crippen MR) is 96.8 cm³/mol. The van der Waals surface area contributed by atoms with Crippen LogP contribution in [0.4, 0.5) is 0 Å². The predicted octanol–water partition coefficient (Wildman–Crippen LogP) is 1.76. The van der Waals surface area contributed by atoms with Gasteiger partial charge in [0.1, 0.15) is 10.7 Å². The van der Waals surface area contributed by atoms with Gasteiger partial charge >= 0.3 is 0 Å². The van der Waals surface area contributed by atoms with Gasteiger partial charge in [-0.3, -0.25) is 14.2 Å². The Labute approximate surface area is 150 Å². The molecule has 1 amide bonds. The van der Waals surface area contributed by atoms with Gasteiger partial charge < -0.3 is 9.80 Å². The summed E-state index contributed by atoms with van der Waals surface area (Å²) in [6.07, 6.45) is 3.70. The number of likely N-dealkylation sites (N-methyl/N-ethyl adjacent to an activating group) is 1. The zero-order valence-electron chi connectivity index (χ0n) is 14.6. The van der Waals surface area contributed by atoms with Crippen molar-refractivity contribution < 1.29 is 4.79 Å². The van der Waals surface area contributed by atoms with Crippen LogP contribution in [0, 0.1) is 5.92 Å². The molecule has 2 aliphatic heterocycles. The molecule has 0 N–H and O–H groups in total. The fourth-order valence-corrected chi connectivity index (χ4v) is 6.10. The number of thiophene rings is 1. The Bertz CT molecular complexity index is 947. The zero-order valence-corrected chi connectivity index (χ0v) is 15.4. The van der Waals surface area contributed by atoms with Crippen LogP contribution in [0.2, 0.25) is 0 Å². The number of nitrogens with zero attached hydrogens (tertiary/aromatic N) is 4. The van der Waals surface area contributed by atoms with Gasteiger partial charge in [0.15, 0.2) is 0 Å². The Morgan fingerprint density at radius 1 is 1.16 bits per heavy atom. The normalized spacial score (nSPS) is 26.5. The number of carbonyl (C=O) groups is 1. The van der Waals surface area contributed by atoms with Crippen LogP contribution in [0.25, 0.3) is 10.2 Å². The molecule has 0 aromatic carbocycles. The lowest BCUT2D eigenvalue weighted by molar-refractivity contribution is -0.134. The third-order valence-corrected chi connectivity index (χ3v) is 7.16. The molecule has 0 radical (unpaired) electrons. The molecule has 2 aromatic heterocycles. The van der Waals surface area contributed by atoms with Crippen molar-refractivity contribution in [1.29, 1.82) is 0 Å². The fourth-order valence-electron chi connectivity index (χ4n) is 4.79. The summed E-state index contributed by atoms with van der Waals surface area (Å²) in [6.45, 7) is 2.31. The minimum absolute atomic E-state index is 0.0151. The van der Waals surface area contributed by atoms with E-state index in [-0.39, 0.29) is 23.4 Å². The number of hydrogen-bond acceptors (Lipinski definition) is 5. The van der Waals surface area contributed by atoms with Crippen LogP contribution in [0.1, 0.15) is 41.6 Å². The van der Waals surface area contributed by atoms with Crippen LogP contribution in [-0.4, -0.2) is 45.9 Å². The summed E-state index contributed by atoms with van der Waals surface area (Å²) in [5, 5.41) is 0.819. The second kappa shape index (κ2) is 5.38. The largest absolute Gasteiger partial charge is 0.338 e. The van der Waals surface area contributed by atoms with E-state index in [2.05, 4.69) is 11.9 Å². The number of rotatable bonds is 0. The van der Waals surface area contributed by atoms with Gasteiger partial charge in [0.05, 0.1) is 23.9 Å². The summed E-state index contributed by atoms with van der Waals surface area (Å²) in [4.78, 5) is 37.2. The average Bonchev–Trinajstić information content (AvgIpc) is 3.15. The van der Waals surface area contributed by atoms with Gasteiger partial charge in [-0.05, 0) is 31.9 Å². The van der Waals surface area contributed by atoms with E-state index in [1.54, 1.807) is 16.2 Å². The molecule has 6 nitrogen and oxygen atoms in total. The van der Waals surface area contributed by atoms with Gasteiger partial charge in [0.2, 0.25) is 5.91 Å². The third-order valence-electron chi connectivity index (χ3n) is 6.05. The molecular weight excluding hydrogens is 336 g/mol. The SMILES string of the molecule is CN1CCc2c(sc3nc4n(c(=O)c23)[C@@H]2CCC[C@H]2C(=O)N(C)C4)C1. The van der Waals surface area contributed by atoms with Crippen LogP contribution in [0.3, 0.4) is 0 Å². The molecule has 2 atom stereocenters. The molecule has 0 spiro atoms. The minimum Gasteiger partial charge on any atom is -0.338 e. The van der Waals surface area contributed by atoms with E-state index >= 15 is 0 Å². The molecule has 7 heteroatoms. The molecule has 0 unspecified atom stereocenters. The number of aromatic nitrogens is 2.